The number of amides is 1. The number of carbonyl (C=O) groups excluding carboxylic acids is 1. The van der Waals surface area contributed by atoms with Gasteiger partial charge in [0.05, 0.1) is 6.61 Å². The van der Waals surface area contributed by atoms with E-state index in [-0.39, 0.29) is 5.91 Å². The molecule has 5 heteroatoms. The van der Waals surface area contributed by atoms with Gasteiger partial charge in [0.25, 0.3) is 0 Å². The molecule has 1 atom stereocenters. The number of hydrogen-bond acceptors (Lipinski definition) is 4. The maximum absolute atomic E-state index is 12.1. The summed E-state index contributed by atoms with van der Waals surface area (Å²) in [6, 6.07) is 3.17. The third kappa shape index (κ3) is 3.96. The van der Waals surface area contributed by atoms with Gasteiger partial charge in [-0.25, -0.2) is 0 Å². The first-order chi connectivity index (χ1) is 8.20. The second-order valence-electron chi connectivity index (χ2n) is 3.56. The van der Waals surface area contributed by atoms with E-state index in [2.05, 4.69) is 6.58 Å². The van der Waals surface area contributed by atoms with Crippen molar-refractivity contribution in [1.82, 2.24) is 4.90 Å². The molecule has 0 radical (unpaired) electrons. The molecule has 1 amide bonds. The Balaban J connectivity index is 2.66. The molecule has 0 aliphatic heterocycles. The molecule has 2 N–H and O–H groups in total. The van der Waals surface area contributed by atoms with Crippen LogP contribution in [0.15, 0.2) is 30.2 Å². The van der Waals surface area contributed by atoms with Crippen molar-refractivity contribution in [3.8, 4) is 0 Å². The molecule has 1 rings (SSSR count). The summed E-state index contributed by atoms with van der Waals surface area (Å²) in [5.41, 5.74) is 5.93. The number of methoxy groups -OCH3 is 1. The summed E-state index contributed by atoms with van der Waals surface area (Å²) < 4.78 is 4.97. The van der Waals surface area contributed by atoms with Crippen LogP contribution < -0.4 is 5.73 Å². The first kappa shape index (κ1) is 13.9. The Morgan fingerprint density at radius 2 is 2.53 bits per heavy atom. The number of hydrogen-bond donors (Lipinski definition) is 1. The molecular weight excluding hydrogens is 236 g/mol. The van der Waals surface area contributed by atoms with Crippen LogP contribution in [0.4, 0.5) is 0 Å². The molecule has 4 nitrogen and oxygen atoms in total. The van der Waals surface area contributed by atoms with E-state index in [0.717, 1.165) is 4.88 Å². The van der Waals surface area contributed by atoms with Gasteiger partial charge >= 0.3 is 0 Å². The van der Waals surface area contributed by atoms with Crippen molar-refractivity contribution in [2.75, 3.05) is 26.8 Å². The maximum atomic E-state index is 12.1. The highest BCUT2D eigenvalue weighted by atomic mass is 32.1. The minimum Gasteiger partial charge on any atom is -0.383 e. The molecule has 17 heavy (non-hydrogen) atoms. The molecule has 1 aromatic rings. The largest absolute Gasteiger partial charge is 0.383 e. The van der Waals surface area contributed by atoms with Gasteiger partial charge in [0.1, 0.15) is 6.04 Å². The lowest BCUT2D eigenvalue weighted by Crippen LogP contribution is -2.40. The van der Waals surface area contributed by atoms with Crippen LogP contribution in [0.25, 0.3) is 0 Å². The Bertz CT molecular complexity index is 351. The van der Waals surface area contributed by atoms with Gasteiger partial charge in [-0.2, -0.15) is 0 Å². The molecule has 0 fully saturated rings. The Morgan fingerprint density at radius 1 is 1.76 bits per heavy atom. The highest BCUT2D eigenvalue weighted by molar-refractivity contribution is 7.10. The number of ether oxygens (including phenoxy) is 1. The molecule has 0 bridgehead atoms. The van der Waals surface area contributed by atoms with Gasteiger partial charge < -0.3 is 15.4 Å². The van der Waals surface area contributed by atoms with Crippen molar-refractivity contribution in [2.24, 2.45) is 5.73 Å². The highest BCUT2D eigenvalue weighted by Crippen LogP contribution is 2.18. The monoisotopic (exact) mass is 254 g/mol. The third-order valence-electron chi connectivity index (χ3n) is 2.34. The zero-order valence-electron chi connectivity index (χ0n) is 9.96. The molecule has 0 aliphatic rings. The third-order valence-corrected chi connectivity index (χ3v) is 3.30. The molecule has 1 aromatic heterocycles. The number of nitrogens with two attached hydrogens (primary N) is 1. The quantitative estimate of drug-likeness (QED) is 0.748. The van der Waals surface area contributed by atoms with Crippen LogP contribution in [0.3, 0.4) is 0 Å². The van der Waals surface area contributed by atoms with Gasteiger partial charge in [0.2, 0.25) is 5.91 Å². The van der Waals surface area contributed by atoms with Gasteiger partial charge in [-0.1, -0.05) is 12.1 Å². The summed E-state index contributed by atoms with van der Waals surface area (Å²) in [4.78, 5) is 14.7. The summed E-state index contributed by atoms with van der Waals surface area (Å²) >= 11 is 1.49. The van der Waals surface area contributed by atoms with Gasteiger partial charge in [0.15, 0.2) is 0 Å². The van der Waals surface area contributed by atoms with Crippen LogP contribution in [0.2, 0.25) is 0 Å². The number of nitrogens with zero attached hydrogens (tertiary/aromatic N) is 1. The van der Waals surface area contributed by atoms with E-state index in [1.54, 1.807) is 18.1 Å². The number of rotatable bonds is 7. The lowest BCUT2D eigenvalue weighted by Gasteiger charge is -2.23. The van der Waals surface area contributed by atoms with E-state index in [4.69, 9.17) is 10.5 Å². The molecular formula is C12H18N2O2S. The Hall–Kier alpha value is -1.17. The van der Waals surface area contributed by atoms with Crippen molar-refractivity contribution < 1.29 is 9.53 Å². The SMILES string of the molecule is C=CCN(CCOC)C(=O)C(N)c1cccs1. The van der Waals surface area contributed by atoms with Crippen molar-refractivity contribution >= 4 is 17.2 Å². The summed E-state index contributed by atoms with van der Waals surface area (Å²) in [6.07, 6.45) is 1.69. The lowest BCUT2D eigenvalue weighted by molar-refractivity contribution is -0.132. The standard InChI is InChI=1S/C12H18N2O2S/c1-3-6-14(7-8-16-2)12(15)11(13)10-5-4-9-17-10/h3-5,9,11H,1,6-8,13H2,2H3. The Morgan fingerprint density at radius 3 is 3.06 bits per heavy atom. The van der Waals surface area contributed by atoms with Crippen molar-refractivity contribution in [3.63, 3.8) is 0 Å². The average molecular weight is 254 g/mol. The van der Waals surface area contributed by atoms with Crippen molar-refractivity contribution in [1.29, 1.82) is 0 Å². The van der Waals surface area contributed by atoms with Crippen LogP contribution in [-0.4, -0.2) is 37.6 Å². The highest BCUT2D eigenvalue weighted by Gasteiger charge is 2.22. The van der Waals surface area contributed by atoms with Crippen molar-refractivity contribution in [2.45, 2.75) is 6.04 Å². The van der Waals surface area contributed by atoms with Gasteiger partial charge in [-0.3, -0.25) is 4.79 Å². The second kappa shape index (κ2) is 7.21. The summed E-state index contributed by atoms with van der Waals surface area (Å²) in [7, 11) is 1.61. The molecule has 0 aliphatic carbocycles. The van der Waals surface area contributed by atoms with Crippen LogP contribution in [0.5, 0.6) is 0 Å². The topological polar surface area (TPSA) is 55.6 Å². The van der Waals surface area contributed by atoms with Crippen LogP contribution in [0.1, 0.15) is 10.9 Å². The fourth-order valence-electron chi connectivity index (χ4n) is 1.44. The molecule has 94 valence electrons. The first-order valence-electron chi connectivity index (χ1n) is 5.38. The summed E-state index contributed by atoms with van der Waals surface area (Å²) in [5.74, 6) is -0.0931. The van der Waals surface area contributed by atoms with E-state index in [0.29, 0.717) is 19.7 Å². The van der Waals surface area contributed by atoms with Crippen LogP contribution in [-0.2, 0) is 9.53 Å². The van der Waals surface area contributed by atoms with Gasteiger partial charge in [-0.15, -0.1) is 17.9 Å². The molecule has 0 aromatic carbocycles. The predicted octanol–water partition coefficient (Wildman–Crippen LogP) is 1.41. The second-order valence-corrected chi connectivity index (χ2v) is 4.54. The predicted molar refractivity (Wildman–Crippen MR) is 69.9 cm³/mol. The number of carbonyl (C=O) groups is 1. The molecule has 0 saturated carbocycles. The van der Waals surface area contributed by atoms with E-state index in [9.17, 15) is 4.79 Å². The zero-order chi connectivity index (χ0) is 12.7. The molecule has 0 spiro atoms. The fraction of sp³-hybridized carbons (Fsp3) is 0.417. The van der Waals surface area contributed by atoms with E-state index in [1.165, 1.54) is 11.3 Å². The maximum Gasteiger partial charge on any atom is 0.245 e. The van der Waals surface area contributed by atoms with Gasteiger partial charge in [-0.05, 0) is 11.4 Å². The Labute approximate surface area is 106 Å². The number of thiophene rings is 1. The normalized spacial score (nSPS) is 12.1. The zero-order valence-corrected chi connectivity index (χ0v) is 10.8. The van der Waals surface area contributed by atoms with E-state index < -0.39 is 6.04 Å². The first-order valence-corrected chi connectivity index (χ1v) is 6.26. The van der Waals surface area contributed by atoms with Gasteiger partial charge in [0, 0.05) is 25.1 Å². The lowest BCUT2D eigenvalue weighted by atomic mass is 10.2. The smallest absolute Gasteiger partial charge is 0.245 e. The van der Waals surface area contributed by atoms with E-state index in [1.807, 2.05) is 17.5 Å². The molecule has 1 heterocycles. The molecule has 1 unspecified atom stereocenters. The van der Waals surface area contributed by atoms with Crippen LogP contribution in [0, 0.1) is 0 Å². The summed E-state index contributed by atoms with van der Waals surface area (Å²) in [6.45, 7) is 5.15. The Kier molecular flexibility index (Phi) is 5.90. The fourth-order valence-corrected chi connectivity index (χ4v) is 2.15. The van der Waals surface area contributed by atoms with Crippen molar-refractivity contribution in [3.05, 3.63) is 35.0 Å². The minimum absolute atomic E-state index is 0.0931. The summed E-state index contributed by atoms with van der Waals surface area (Å²) in [5, 5.41) is 1.91. The van der Waals surface area contributed by atoms with E-state index >= 15 is 0 Å². The average Bonchev–Trinajstić information content (AvgIpc) is 2.86. The minimum atomic E-state index is -0.591. The molecule has 0 saturated heterocycles. The van der Waals surface area contributed by atoms with Crippen LogP contribution >= 0.6 is 11.3 Å².